The first-order chi connectivity index (χ1) is 14.2. The molecule has 0 bridgehead atoms. The van der Waals surface area contributed by atoms with Crippen molar-refractivity contribution in [3.8, 4) is 11.5 Å². The quantitative estimate of drug-likeness (QED) is 0.503. The maximum atomic E-state index is 13.0. The smallest absolute Gasteiger partial charge is 0.309 e. The van der Waals surface area contributed by atoms with E-state index in [1.165, 1.54) is 0 Å². The Hall–Kier alpha value is -3.02. The summed E-state index contributed by atoms with van der Waals surface area (Å²) < 4.78 is 16.5. The number of esters is 1. The minimum atomic E-state index is -0.165. The molecule has 0 spiro atoms. The summed E-state index contributed by atoms with van der Waals surface area (Å²) in [5.41, 5.74) is 0.529. The molecule has 0 saturated carbocycles. The molecule has 0 N–H and O–H groups in total. The van der Waals surface area contributed by atoms with Gasteiger partial charge in [0.15, 0.2) is 0 Å². The van der Waals surface area contributed by atoms with E-state index in [0.717, 1.165) is 5.75 Å². The van der Waals surface area contributed by atoms with E-state index >= 15 is 0 Å². The number of hydrogen-bond acceptors (Lipinski definition) is 5. The largest absolute Gasteiger partial charge is 0.490 e. The average molecular weight is 397 g/mol. The summed E-state index contributed by atoms with van der Waals surface area (Å²) in [4.78, 5) is 26.6. The molecule has 1 fully saturated rings. The van der Waals surface area contributed by atoms with Gasteiger partial charge in [-0.15, -0.1) is 0 Å². The SMILES string of the molecule is CCOC(=O)C1CCN(C(=O)c2ccccc2OCCOc2ccccc2)CC1. The fourth-order valence-electron chi connectivity index (χ4n) is 3.35. The van der Waals surface area contributed by atoms with Crippen LogP contribution >= 0.6 is 0 Å². The van der Waals surface area contributed by atoms with Crippen LogP contribution in [0.3, 0.4) is 0 Å². The number of likely N-dealkylation sites (tertiary alicyclic amines) is 1. The Morgan fingerprint density at radius 3 is 2.31 bits per heavy atom. The summed E-state index contributed by atoms with van der Waals surface area (Å²) in [5.74, 6) is 0.959. The number of amides is 1. The first-order valence-corrected chi connectivity index (χ1v) is 10.0. The highest BCUT2D eigenvalue weighted by Crippen LogP contribution is 2.24. The van der Waals surface area contributed by atoms with Crippen LogP contribution in [0.25, 0.3) is 0 Å². The molecule has 1 amide bonds. The summed E-state index contributed by atoms with van der Waals surface area (Å²) in [5, 5.41) is 0. The third-order valence-corrected chi connectivity index (χ3v) is 4.87. The molecule has 2 aromatic carbocycles. The molecule has 6 nitrogen and oxygen atoms in total. The van der Waals surface area contributed by atoms with Crippen molar-refractivity contribution in [2.75, 3.05) is 32.9 Å². The number of rotatable bonds is 8. The number of hydrogen-bond donors (Lipinski definition) is 0. The highest BCUT2D eigenvalue weighted by atomic mass is 16.5. The summed E-state index contributed by atoms with van der Waals surface area (Å²) in [6.07, 6.45) is 1.25. The maximum Gasteiger partial charge on any atom is 0.309 e. The van der Waals surface area contributed by atoms with E-state index in [1.54, 1.807) is 24.0 Å². The Balaban J connectivity index is 1.53. The molecule has 1 aliphatic heterocycles. The summed E-state index contributed by atoms with van der Waals surface area (Å²) >= 11 is 0. The van der Waals surface area contributed by atoms with Crippen molar-refractivity contribution in [3.63, 3.8) is 0 Å². The first kappa shape index (κ1) is 20.7. The summed E-state index contributed by atoms with van der Waals surface area (Å²) in [6, 6.07) is 16.8. The monoisotopic (exact) mass is 397 g/mol. The molecule has 29 heavy (non-hydrogen) atoms. The van der Waals surface area contributed by atoms with Gasteiger partial charge in [0.2, 0.25) is 0 Å². The van der Waals surface area contributed by atoms with E-state index in [2.05, 4.69) is 0 Å². The third-order valence-electron chi connectivity index (χ3n) is 4.87. The van der Waals surface area contributed by atoms with Crippen LogP contribution in [0.1, 0.15) is 30.1 Å². The normalized spacial score (nSPS) is 14.3. The molecule has 0 unspecified atom stereocenters. The van der Waals surface area contributed by atoms with Crippen LogP contribution in [0.2, 0.25) is 0 Å². The van der Waals surface area contributed by atoms with E-state index < -0.39 is 0 Å². The van der Waals surface area contributed by atoms with Gasteiger partial charge >= 0.3 is 5.97 Å². The van der Waals surface area contributed by atoms with Crippen molar-refractivity contribution in [2.45, 2.75) is 19.8 Å². The van der Waals surface area contributed by atoms with Gasteiger partial charge in [-0.25, -0.2) is 0 Å². The number of piperidine rings is 1. The van der Waals surface area contributed by atoms with Crippen molar-refractivity contribution in [1.82, 2.24) is 4.90 Å². The Labute approximate surface area is 171 Å². The average Bonchev–Trinajstić information content (AvgIpc) is 2.77. The van der Waals surface area contributed by atoms with Crippen molar-refractivity contribution < 1.29 is 23.8 Å². The van der Waals surface area contributed by atoms with E-state index in [9.17, 15) is 9.59 Å². The van der Waals surface area contributed by atoms with E-state index in [-0.39, 0.29) is 17.8 Å². The molecule has 0 aromatic heterocycles. The molecule has 1 heterocycles. The molecular weight excluding hydrogens is 370 g/mol. The van der Waals surface area contributed by atoms with Crippen LogP contribution in [0.15, 0.2) is 54.6 Å². The lowest BCUT2D eigenvalue weighted by Gasteiger charge is -2.31. The number of carbonyl (C=O) groups excluding carboxylic acids is 2. The third kappa shape index (κ3) is 5.73. The zero-order valence-corrected chi connectivity index (χ0v) is 16.7. The molecule has 1 aliphatic rings. The molecular formula is C23H27NO5. The fraction of sp³-hybridized carbons (Fsp3) is 0.391. The summed E-state index contributed by atoms with van der Waals surface area (Å²) in [6.45, 7) is 3.98. The van der Waals surface area contributed by atoms with Gasteiger partial charge in [-0.2, -0.15) is 0 Å². The molecule has 3 rings (SSSR count). The van der Waals surface area contributed by atoms with Crippen LogP contribution < -0.4 is 9.47 Å². The Bertz CT molecular complexity index is 800. The Kier molecular flexibility index (Phi) is 7.50. The van der Waals surface area contributed by atoms with Gasteiger partial charge < -0.3 is 19.1 Å². The Morgan fingerprint density at radius 1 is 0.931 bits per heavy atom. The predicted molar refractivity (Wildman–Crippen MR) is 109 cm³/mol. The van der Waals surface area contributed by atoms with E-state index in [4.69, 9.17) is 14.2 Å². The number of carbonyl (C=O) groups is 2. The first-order valence-electron chi connectivity index (χ1n) is 10.0. The van der Waals surface area contributed by atoms with Gasteiger partial charge in [0.25, 0.3) is 5.91 Å². The van der Waals surface area contributed by atoms with Crippen LogP contribution in [0, 0.1) is 5.92 Å². The van der Waals surface area contributed by atoms with Crippen LogP contribution in [-0.4, -0.2) is 49.7 Å². The lowest BCUT2D eigenvalue weighted by Crippen LogP contribution is -2.40. The number of nitrogens with zero attached hydrogens (tertiary/aromatic N) is 1. The minimum absolute atomic E-state index is 0.0770. The lowest BCUT2D eigenvalue weighted by atomic mass is 9.96. The predicted octanol–water partition coefficient (Wildman–Crippen LogP) is 3.56. The second-order valence-electron chi connectivity index (χ2n) is 6.82. The minimum Gasteiger partial charge on any atom is -0.490 e. The number of benzene rings is 2. The number of para-hydroxylation sites is 2. The van der Waals surface area contributed by atoms with Gasteiger partial charge in [0, 0.05) is 13.1 Å². The van der Waals surface area contributed by atoms with Crippen LogP contribution in [0.4, 0.5) is 0 Å². The van der Waals surface area contributed by atoms with Gasteiger partial charge in [-0.05, 0) is 44.0 Å². The lowest BCUT2D eigenvalue weighted by molar-refractivity contribution is -0.149. The van der Waals surface area contributed by atoms with E-state index in [1.807, 2.05) is 42.5 Å². The van der Waals surface area contributed by atoms with Crippen LogP contribution in [0.5, 0.6) is 11.5 Å². The Morgan fingerprint density at radius 2 is 1.59 bits per heavy atom. The second-order valence-corrected chi connectivity index (χ2v) is 6.82. The van der Waals surface area contributed by atoms with Gasteiger partial charge in [0.1, 0.15) is 24.7 Å². The highest BCUT2D eigenvalue weighted by molar-refractivity contribution is 5.97. The second kappa shape index (κ2) is 10.5. The molecule has 6 heteroatoms. The standard InChI is InChI=1S/C23H27NO5/c1-2-27-23(26)18-12-14-24(15-13-18)22(25)20-10-6-7-11-21(20)29-17-16-28-19-8-4-3-5-9-19/h3-11,18H,2,12-17H2,1H3. The van der Waals surface area contributed by atoms with Crippen molar-refractivity contribution in [1.29, 1.82) is 0 Å². The highest BCUT2D eigenvalue weighted by Gasteiger charge is 2.29. The molecule has 2 aromatic rings. The molecule has 1 saturated heterocycles. The van der Waals surface area contributed by atoms with Crippen molar-refractivity contribution in [2.24, 2.45) is 5.92 Å². The van der Waals surface area contributed by atoms with Crippen molar-refractivity contribution in [3.05, 3.63) is 60.2 Å². The topological polar surface area (TPSA) is 65.1 Å². The van der Waals surface area contributed by atoms with Gasteiger partial charge in [-0.3, -0.25) is 9.59 Å². The van der Waals surface area contributed by atoms with Crippen LogP contribution in [-0.2, 0) is 9.53 Å². The maximum absolute atomic E-state index is 13.0. The van der Waals surface area contributed by atoms with E-state index in [0.29, 0.717) is 57.1 Å². The zero-order chi connectivity index (χ0) is 20.5. The molecule has 0 aliphatic carbocycles. The molecule has 154 valence electrons. The van der Waals surface area contributed by atoms with Gasteiger partial charge in [0.05, 0.1) is 18.1 Å². The van der Waals surface area contributed by atoms with Crippen molar-refractivity contribution >= 4 is 11.9 Å². The van der Waals surface area contributed by atoms with Gasteiger partial charge in [-0.1, -0.05) is 30.3 Å². The molecule has 0 atom stereocenters. The number of ether oxygens (including phenoxy) is 3. The zero-order valence-electron chi connectivity index (χ0n) is 16.7. The molecule has 0 radical (unpaired) electrons. The fourth-order valence-corrected chi connectivity index (χ4v) is 3.35. The summed E-state index contributed by atoms with van der Waals surface area (Å²) in [7, 11) is 0.